The molecule has 1 aliphatic heterocycles. The second-order valence-electron chi connectivity index (χ2n) is 7.24. The second-order valence-corrected chi connectivity index (χ2v) is 7.24. The zero-order chi connectivity index (χ0) is 18.0. The quantitative estimate of drug-likeness (QED) is 0.837. The predicted octanol–water partition coefficient (Wildman–Crippen LogP) is 0.224. The van der Waals surface area contributed by atoms with Crippen LogP contribution in [-0.4, -0.2) is 56.3 Å². The van der Waals surface area contributed by atoms with Crippen molar-refractivity contribution in [3.63, 3.8) is 0 Å². The Balaban J connectivity index is 1.53. The number of amides is 1. The number of nitrogens with zero attached hydrogens (tertiary/aromatic N) is 5. The van der Waals surface area contributed by atoms with E-state index in [0.717, 1.165) is 19.6 Å². The van der Waals surface area contributed by atoms with Crippen LogP contribution in [0.15, 0.2) is 17.3 Å². The van der Waals surface area contributed by atoms with Gasteiger partial charge in [0.2, 0.25) is 5.91 Å². The summed E-state index contributed by atoms with van der Waals surface area (Å²) in [5.41, 5.74) is 0.280. The Morgan fingerprint density at radius 2 is 2.04 bits per heavy atom. The number of aromatic nitrogens is 4. The first-order valence-corrected chi connectivity index (χ1v) is 8.80. The summed E-state index contributed by atoms with van der Waals surface area (Å²) in [6, 6.07) is 0. The lowest BCUT2D eigenvalue weighted by Gasteiger charge is -2.34. The largest absolute Gasteiger partial charge is 0.353 e. The van der Waals surface area contributed by atoms with Crippen LogP contribution in [-0.2, 0) is 18.4 Å². The van der Waals surface area contributed by atoms with Gasteiger partial charge < -0.3 is 10.2 Å². The molecule has 8 heteroatoms. The van der Waals surface area contributed by atoms with Gasteiger partial charge in [0.1, 0.15) is 18.3 Å². The summed E-state index contributed by atoms with van der Waals surface area (Å²) in [4.78, 5) is 31.1. The average Bonchev–Trinajstić information content (AvgIpc) is 2.91. The molecule has 1 N–H and O–H groups in total. The Hall–Kier alpha value is -2.22. The van der Waals surface area contributed by atoms with E-state index in [0.29, 0.717) is 29.4 Å². The lowest BCUT2D eigenvalue weighted by atomic mass is 9.92. The molecule has 0 bridgehead atoms. The van der Waals surface area contributed by atoms with E-state index >= 15 is 0 Å². The lowest BCUT2D eigenvalue weighted by molar-refractivity contribution is -0.121. The normalized spacial score (nSPS) is 21.6. The predicted molar refractivity (Wildman–Crippen MR) is 95.2 cm³/mol. The molecule has 0 aromatic carbocycles. The van der Waals surface area contributed by atoms with Crippen LogP contribution in [0.25, 0.3) is 11.0 Å². The number of likely N-dealkylation sites (tertiary alicyclic amines) is 1. The zero-order valence-electron chi connectivity index (χ0n) is 15.1. The smallest absolute Gasteiger partial charge is 0.264 e. The molecule has 8 nitrogen and oxygen atoms in total. The highest BCUT2D eigenvalue weighted by Crippen LogP contribution is 2.20. The molecule has 2 aromatic heterocycles. The molecule has 1 aliphatic rings. The van der Waals surface area contributed by atoms with Crippen molar-refractivity contribution in [1.82, 2.24) is 29.5 Å². The van der Waals surface area contributed by atoms with E-state index in [1.807, 2.05) is 0 Å². The van der Waals surface area contributed by atoms with Gasteiger partial charge in [-0.1, -0.05) is 13.8 Å². The van der Waals surface area contributed by atoms with Crippen LogP contribution < -0.4 is 10.9 Å². The summed E-state index contributed by atoms with van der Waals surface area (Å²) in [5, 5.41) is 7.35. The fraction of sp³-hybridized carbons (Fsp3) is 0.647. The van der Waals surface area contributed by atoms with Crippen molar-refractivity contribution >= 4 is 16.9 Å². The molecule has 1 amide bonds. The number of carbonyl (C=O) groups excluding carboxylic acids is 1. The maximum atomic E-state index is 12.4. The van der Waals surface area contributed by atoms with Crippen LogP contribution in [0.4, 0.5) is 0 Å². The molecule has 0 unspecified atom stereocenters. The van der Waals surface area contributed by atoms with E-state index < -0.39 is 0 Å². The summed E-state index contributed by atoms with van der Waals surface area (Å²) in [6.07, 6.45) is 4.16. The minimum Gasteiger partial charge on any atom is -0.353 e. The topological polar surface area (TPSA) is 85.1 Å². The fourth-order valence-electron chi connectivity index (χ4n) is 3.72. The summed E-state index contributed by atoms with van der Waals surface area (Å²) >= 11 is 0. The van der Waals surface area contributed by atoms with Crippen LogP contribution in [0.2, 0.25) is 0 Å². The van der Waals surface area contributed by atoms with Crippen molar-refractivity contribution in [3.8, 4) is 0 Å². The minimum atomic E-state index is -0.244. The van der Waals surface area contributed by atoms with Gasteiger partial charge in [-0.3, -0.25) is 18.8 Å². The molecule has 25 heavy (non-hydrogen) atoms. The van der Waals surface area contributed by atoms with Crippen LogP contribution >= 0.6 is 0 Å². The highest BCUT2D eigenvalue weighted by atomic mass is 16.2. The summed E-state index contributed by atoms with van der Waals surface area (Å²) < 4.78 is 2.87. The van der Waals surface area contributed by atoms with E-state index in [-0.39, 0.29) is 18.0 Å². The van der Waals surface area contributed by atoms with Crippen molar-refractivity contribution < 1.29 is 4.79 Å². The van der Waals surface area contributed by atoms with Crippen molar-refractivity contribution in [2.75, 3.05) is 26.2 Å². The molecule has 136 valence electrons. The highest BCUT2D eigenvalue weighted by molar-refractivity contribution is 5.77. The number of hydrogen-bond acceptors (Lipinski definition) is 5. The van der Waals surface area contributed by atoms with E-state index in [1.54, 1.807) is 11.7 Å². The van der Waals surface area contributed by atoms with Gasteiger partial charge in [-0.2, -0.15) is 5.10 Å². The Labute approximate surface area is 146 Å². The first-order chi connectivity index (χ1) is 11.9. The minimum absolute atomic E-state index is 0.0243. The van der Waals surface area contributed by atoms with Crippen LogP contribution in [0.5, 0.6) is 0 Å². The summed E-state index contributed by atoms with van der Waals surface area (Å²) in [6.45, 7) is 8.13. The van der Waals surface area contributed by atoms with Crippen LogP contribution in [0.1, 0.15) is 20.3 Å². The Morgan fingerprint density at radius 3 is 2.76 bits per heavy atom. The molecule has 2 aromatic rings. The third kappa shape index (κ3) is 4.07. The molecule has 3 heterocycles. The van der Waals surface area contributed by atoms with Crippen LogP contribution in [0.3, 0.4) is 0 Å². The first kappa shape index (κ1) is 17.6. The van der Waals surface area contributed by atoms with Crippen molar-refractivity contribution in [2.45, 2.75) is 26.8 Å². The number of rotatable bonds is 5. The lowest BCUT2D eigenvalue weighted by Crippen LogP contribution is -2.43. The SMILES string of the molecule is C[C@H]1C[C@H](C)CN(CCNC(=O)Cn2cnc3c(cnn3C)c2=O)C1. The van der Waals surface area contributed by atoms with Gasteiger partial charge in [-0.25, -0.2) is 4.98 Å². The number of fused-ring (bicyclic) bond motifs is 1. The van der Waals surface area contributed by atoms with Gasteiger partial charge in [-0.05, 0) is 18.3 Å². The summed E-state index contributed by atoms with van der Waals surface area (Å²) in [7, 11) is 1.73. The molecule has 0 aliphatic carbocycles. The molecule has 0 saturated carbocycles. The standard InChI is InChI=1S/C17H26N6O2/c1-12-6-13(2)9-22(8-12)5-4-18-15(24)10-23-11-19-16-14(17(23)25)7-20-21(16)3/h7,11-13H,4-6,8-10H2,1-3H3,(H,18,24)/t12-,13-/m0/s1. The Bertz CT molecular complexity index is 801. The number of hydrogen-bond donors (Lipinski definition) is 1. The molecule has 1 fully saturated rings. The van der Waals surface area contributed by atoms with E-state index in [9.17, 15) is 9.59 Å². The zero-order valence-corrected chi connectivity index (χ0v) is 15.1. The first-order valence-electron chi connectivity index (χ1n) is 8.80. The number of nitrogens with one attached hydrogen (secondary N) is 1. The molecule has 2 atom stereocenters. The molecule has 1 saturated heterocycles. The molecular weight excluding hydrogens is 320 g/mol. The van der Waals surface area contributed by atoms with Gasteiger partial charge in [0, 0.05) is 33.2 Å². The maximum Gasteiger partial charge on any atom is 0.264 e. The van der Waals surface area contributed by atoms with Gasteiger partial charge in [-0.15, -0.1) is 0 Å². The van der Waals surface area contributed by atoms with Gasteiger partial charge in [0.05, 0.1) is 6.20 Å². The number of piperidine rings is 1. The average molecular weight is 346 g/mol. The van der Waals surface area contributed by atoms with Gasteiger partial charge >= 0.3 is 0 Å². The third-order valence-electron chi connectivity index (χ3n) is 4.73. The fourth-order valence-corrected chi connectivity index (χ4v) is 3.72. The van der Waals surface area contributed by atoms with E-state index in [2.05, 4.69) is 34.1 Å². The van der Waals surface area contributed by atoms with Crippen LogP contribution in [0, 0.1) is 11.8 Å². The monoisotopic (exact) mass is 346 g/mol. The Kier molecular flexibility index (Phi) is 5.17. The van der Waals surface area contributed by atoms with Crippen molar-refractivity contribution in [2.24, 2.45) is 18.9 Å². The number of aryl methyl sites for hydroxylation is 1. The third-order valence-corrected chi connectivity index (χ3v) is 4.73. The van der Waals surface area contributed by atoms with Crippen molar-refractivity contribution in [1.29, 1.82) is 0 Å². The van der Waals surface area contributed by atoms with Gasteiger partial charge in [0.25, 0.3) is 5.56 Å². The number of carbonyl (C=O) groups is 1. The maximum absolute atomic E-state index is 12.4. The second kappa shape index (κ2) is 7.35. The Morgan fingerprint density at radius 1 is 1.32 bits per heavy atom. The van der Waals surface area contributed by atoms with E-state index in [4.69, 9.17) is 0 Å². The van der Waals surface area contributed by atoms with Crippen molar-refractivity contribution in [3.05, 3.63) is 22.9 Å². The molecular formula is C17H26N6O2. The highest BCUT2D eigenvalue weighted by Gasteiger charge is 2.21. The molecule has 0 radical (unpaired) electrons. The van der Waals surface area contributed by atoms with Gasteiger partial charge in [0.15, 0.2) is 5.65 Å². The molecule has 3 rings (SSSR count). The van der Waals surface area contributed by atoms with E-state index in [1.165, 1.54) is 23.5 Å². The summed E-state index contributed by atoms with van der Waals surface area (Å²) in [5.74, 6) is 1.23. The molecule has 0 spiro atoms.